The number of nitrogens with one attached hydrogen (secondary N) is 2. The number of rotatable bonds is 4. The van der Waals surface area contributed by atoms with E-state index in [1.165, 1.54) is 6.33 Å². The fourth-order valence-electron chi connectivity index (χ4n) is 1.59. The standard InChI is InChI=1S/C12H10N6O2/c1-14-11-10(18(19)20)12(16-7-15-11)17-9-4-2-8(6-13)3-5-9/h2-5,7H,1H3,(H2,14,15,16,17). The molecule has 1 aromatic carbocycles. The molecule has 0 aliphatic carbocycles. The Morgan fingerprint density at radius 2 is 1.90 bits per heavy atom. The predicted octanol–water partition coefficient (Wildman–Crippen LogP) is 2.04. The first kappa shape index (κ1) is 13.2. The molecule has 0 saturated carbocycles. The molecule has 8 heteroatoms. The first-order valence-corrected chi connectivity index (χ1v) is 5.60. The van der Waals surface area contributed by atoms with Crippen molar-refractivity contribution in [2.24, 2.45) is 0 Å². The monoisotopic (exact) mass is 270 g/mol. The normalized spacial score (nSPS) is 9.60. The quantitative estimate of drug-likeness (QED) is 0.644. The Morgan fingerprint density at radius 1 is 1.25 bits per heavy atom. The Balaban J connectivity index is 2.37. The van der Waals surface area contributed by atoms with Crippen molar-refractivity contribution in [3.05, 3.63) is 46.3 Å². The Bertz CT molecular complexity index is 677. The number of nitriles is 1. The van der Waals surface area contributed by atoms with Gasteiger partial charge < -0.3 is 10.6 Å². The van der Waals surface area contributed by atoms with E-state index in [0.717, 1.165) is 0 Å². The Labute approximate surface area is 114 Å². The highest BCUT2D eigenvalue weighted by Crippen LogP contribution is 2.30. The molecule has 0 aliphatic rings. The van der Waals surface area contributed by atoms with E-state index in [2.05, 4.69) is 20.6 Å². The Morgan fingerprint density at radius 3 is 2.45 bits per heavy atom. The number of anilines is 3. The molecule has 1 aromatic heterocycles. The van der Waals surface area contributed by atoms with Gasteiger partial charge in [-0.05, 0) is 24.3 Å². The van der Waals surface area contributed by atoms with Crippen LogP contribution in [-0.4, -0.2) is 21.9 Å². The summed E-state index contributed by atoms with van der Waals surface area (Å²) in [7, 11) is 1.54. The lowest BCUT2D eigenvalue weighted by atomic mass is 10.2. The highest BCUT2D eigenvalue weighted by Gasteiger charge is 2.22. The summed E-state index contributed by atoms with van der Waals surface area (Å²) in [6, 6.07) is 8.49. The van der Waals surface area contributed by atoms with E-state index in [0.29, 0.717) is 11.3 Å². The molecule has 2 N–H and O–H groups in total. The summed E-state index contributed by atoms with van der Waals surface area (Å²) in [6.45, 7) is 0. The number of hydrogen-bond donors (Lipinski definition) is 2. The van der Waals surface area contributed by atoms with Crippen LogP contribution in [-0.2, 0) is 0 Å². The molecule has 0 radical (unpaired) electrons. The zero-order valence-corrected chi connectivity index (χ0v) is 10.5. The van der Waals surface area contributed by atoms with Crippen LogP contribution < -0.4 is 10.6 Å². The van der Waals surface area contributed by atoms with Crippen molar-refractivity contribution >= 4 is 23.0 Å². The maximum atomic E-state index is 11.1. The molecule has 2 aromatic rings. The molecular weight excluding hydrogens is 260 g/mol. The van der Waals surface area contributed by atoms with Gasteiger partial charge in [0.05, 0.1) is 16.6 Å². The van der Waals surface area contributed by atoms with Crippen molar-refractivity contribution in [3.8, 4) is 6.07 Å². The van der Waals surface area contributed by atoms with Gasteiger partial charge in [-0.15, -0.1) is 0 Å². The molecule has 0 fully saturated rings. The van der Waals surface area contributed by atoms with Gasteiger partial charge in [0.2, 0.25) is 11.6 Å². The number of hydrogen-bond acceptors (Lipinski definition) is 7. The Hall–Kier alpha value is -3.21. The lowest BCUT2D eigenvalue weighted by molar-refractivity contribution is -0.383. The Kier molecular flexibility index (Phi) is 3.72. The van der Waals surface area contributed by atoms with Crippen LogP contribution >= 0.6 is 0 Å². The largest absolute Gasteiger partial charge is 0.367 e. The lowest BCUT2D eigenvalue weighted by Crippen LogP contribution is -2.05. The molecule has 0 spiro atoms. The SMILES string of the molecule is CNc1ncnc(Nc2ccc(C#N)cc2)c1[N+](=O)[O-]. The second kappa shape index (κ2) is 5.62. The highest BCUT2D eigenvalue weighted by atomic mass is 16.6. The van der Waals surface area contributed by atoms with Gasteiger partial charge in [0, 0.05) is 12.7 Å². The maximum Gasteiger partial charge on any atom is 0.353 e. The summed E-state index contributed by atoms with van der Waals surface area (Å²) in [6.07, 6.45) is 1.23. The number of aromatic nitrogens is 2. The summed E-state index contributed by atoms with van der Waals surface area (Å²) < 4.78 is 0. The van der Waals surface area contributed by atoms with Crippen molar-refractivity contribution in [2.75, 3.05) is 17.7 Å². The van der Waals surface area contributed by atoms with E-state index in [4.69, 9.17) is 5.26 Å². The van der Waals surface area contributed by atoms with Crippen LogP contribution in [0.1, 0.15) is 5.56 Å². The van der Waals surface area contributed by atoms with E-state index in [9.17, 15) is 10.1 Å². The van der Waals surface area contributed by atoms with E-state index in [1.807, 2.05) is 6.07 Å². The summed E-state index contributed by atoms with van der Waals surface area (Å²) in [4.78, 5) is 18.2. The van der Waals surface area contributed by atoms with Crippen LogP contribution in [0.2, 0.25) is 0 Å². The molecule has 0 aliphatic heterocycles. The molecule has 0 unspecified atom stereocenters. The minimum absolute atomic E-state index is 0.0825. The third kappa shape index (κ3) is 2.62. The zero-order valence-electron chi connectivity index (χ0n) is 10.5. The number of nitro groups is 1. The van der Waals surface area contributed by atoms with E-state index < -0.39 is 4.92 Å². The smallest absolute Gasteiger partial charge is 0.353 e. The van der Waals surface area contributed by atoms with Gasteiger partial charge in [-0.1, -0.05) is 0 Å². The zero-order chi connectivity index (χ0) is 14.5. The molecule has 0 saturated heterocycles. The van der Waals surface area contributed by atoms with E-state index in [-0.39, 0.29) is 17.3 Å². The summed E-state index contributed by atoms with van der Waals surface area (Å²) >= 11 is 0. The molecule has 0 amide bonds. The van der Waals surface area contributed by atoms with E-state index in [1.54, 1.807) is 31.3 Å². The second-order valence-electron chi connectivity index (χ2n) is 3.74. The summed E-state index contributed by atoms with van der Waals surface area (Å²) in [5.74, 6) is 0.209. The molecule has 2 rings (SSSR count). The second-order valence-corrected chi connectivity index (χ2v) is 3.74. The van der Waals surface area contributed by atoms with E-state index >= 15 is 0 Å². The van der Waals surface area contributed by atoms with Crippen molar-refractivity contribution in [1.29, 1.82) is 5.26 Å². The van der Waals surface area contributed by atoms with Crippen LogP contribution in [0.3, 0.4) is 0 Å². The molecule has 100 valence electrons. The van der Waals surface area contributed by atoms with Crippen molar-refractivity contribution in [3.63, 3.8) is 0 Å². The number of nitrogens with zero attached hydrogens (tertiary/aromatic N) is 4. The van der Waals surface area contributed by atoms with Gasteiger partial charge in [-0.25, -0.2) is 9.97 Å². The van der Waals surface area contributed by atoms with Crippen LogP contribution in [0.25, 0.3) is 0 Å². The minimum atomic E-state index is -0.558. The summed E-state index contributed by atoms with van der Waals surface area (Å²) in [5.41, 5.74) is 0.857. The fourth-order valence-corrected chi connectivity index (χ4v) is 1.59. The van der Waals surface area contributed by atoms with Crippen molar-refractivity contribution in [1.82, 2.24) is 9.97 Å². The van der Waals surface area contributed by atoms with Gasteiger partial charge >= 0.3 is 5.69 Å². The average molecular weight is 270 g/mol. The number of benzene rings is 1. The van der Waals surface area contributed by atoms with Crippen LogP contribution in [0.5, 0.6) is 0 Å². The topological polar surface area (TPSA) is 117 Å². The average Bonchev–Trinajstić information content (AvgIpc) is 2.47. The van der Waals surface area contributed by atoms with Crippen molar-refractivity contribution in [2.45, 2.75) is 0 Å². The van der Waals surface area contributed by atoms with Gasteiger partial charge in [0.25, 0.3) is 0 Å². The minimum Gasteiger partial charge on any atom is -0.367 e. The van der Waals surface area contributed by atoms with Crippen LogP contribution in [0, 0.1) is 21.4 Å². The third-order valence-electron chi connectivity index (χ3n) is 2.52. The van der Waals surface area contributed by atoms with Crippen LogP contribution in [0.4, 0.5) is 23.0 Å². The predicted molar refractivity (Wildman–Crippen MR) is 72.7 cm³/mol. The fraction of sp³-hybridized carbons (Fsp3) is 0.0833. The van der Waals surface area contributed by atoms with Gasteiger partial charge in [0.1, 0.15) is 6.33 Å². The molecule has 20 heavy (non-hydrogen) atoms. The summed E-state index contributed by atoms with van der Waals surface area (Å²) in [5, 5.41) is 25.3. The first-order valence-electron chi connectivity index (χ1n) is 5.60. The first-order chi connectivity index (χ1) is 9.65. The lowest BCUT2D eigenvalue weighted by Gasteiger charge is -2.08. The molecule has 0 bridgehead atoms. The molecular formula is C12H10N6O2. The molecule has 8 nitrogen and oxygen atoms in total. The van der Waals surface area contributed by atoms with Crippen molar-refractivity contribution < 1.29 is 4.92 Å². The molecule has 0 atom stereocenters. The highest BCUT2D eigenvalue weighted by molar-refractivity contribution is 5.73. The van der Waals surface area contributed by atoms with Gasteiger partial charge in [-0.2, -0.15) is 5.26 Å². The third-order valence-corrected chi connectivity index (χ3v) is 2.52. The van der Waals surface area contributed by atoms with Gasteiger partial charge in [-0.3, -0.25) is 10.1 Å². The maximum absolute atomic E-state index is 11.1. The van der Waals surface area contributed by atoms with Crippen LogP contribution in [0.15, 0.2) is 30.6 Å². The molecule has 1 heterocycles. The van der Waals surface area contributed by atoms with Gasteiger partial charge in [0.15, 0.2) is 0 Å².